The van der Waals surface area contributed by atoms with Crippen molar-refractivity contribution in [3.05, 3.63) is 18.0 Å². The van der Waals surface area contributed by atoms with Crippen LogP contribution in [0.1, 0.15) is 24.8 Å². The minimum absolute atomic E-state index is 0.298. The molecular weight excluding hydrogens is 318 g/mol. The zero-order valence-corrected chi connectivity index (χ0v) is 14.9. The number of amides is 1. The Bertz CT molecular complexity index is 602. The van der Waals surface area contributed by atoms with Crippen molar-refractivity contribution in [2.24, 2.45) is 0 Å². The monoisotopic (exact) mass is 345 g/mol. The molecular formula is C18H27N5O2. The molecule has 0 bridgehead atoms. The van der Waals surface area contributed by atoms with E-state index in [-0.39, 0.29) is 0 Å². The first kappa shape index (κ1) is 16.7. The number of rotatable bonds is 4. The predicted molar refractivity (Wildman–Crippen MR) is 94.5 cm³/mol. The number of piperidine rings is 1. The van der Waals surface area contributed by atoms with Gasteiger partial charge in [-0.2, -0.15) is 0 Å². The van der Waals surface area contributed by atoms with E-state index in [0.29, 0.717) is 24.4 Å². The van der Waals surface area contributed by atoms with Crippen LogP contribution in [-0.2, 0) is 9.53 Å². The Morgan fingerprint density at radius 3 is 2.60 bits per heavy atom. The zero-order chi connectivity index (χ0) is 17.2. The van der Waals surface area contributed by atoms with Crippen LogP contribution in [0.15, 0.2) is 12.4 Å². The maximum Gasteiger partial charge on any atom is 0.225 e. The standard InChI is InChI=1S/C18H27N5O2/c1-14-12-19-18(20-13-14)23-5-4-16-15(23)2-3-17(24)22(16)7-6-21-8-10-25-11-9-21/h12-13,15-16H,2-11H2,1H3/t15-,16-/m1/s1. The number of aryl methyl sites for hydroxylation is 1. The summed E-state index contributed by atoms with van der Waals surface area (Å²) < 4.78 is 5.41. The predicted octanol–water partition coefficient (Wildman–Crippen LogP) is 0.687. The third-order valence-corrected chi connectivity index (χ3v) is 5.67. The van der Waals surface area contributed by atoms with Crippen molar-refractivity contribution in [2.45, 2.75) is 38.3 Å². The van der Waals surface area contributed by atoms with E-state index >= 15 is 0 Å². The summed E-state index contributed by atoms with van der Waals surface area (Å²) in [5, 5.41) is 0. The highest BCUT2D eigenvalue weighted by atomic mass is 16.5. The molecule has 3 aliphatic rings. The van der Waals surface area contributed by atoms with E-state index in [2.05, 4.69) is 24.7 Å². The number of fused-ring (bicyclic) bond motifs is 1. The number of hydrogen-bond donors (Lipinski definition) is 0. The van der Waals surface area contributed by atoms with Crippen molar-refractivity contribution in [2.75, 3.05) is 50.8 Å². The Balaban J connectivity index is 1.42. The van der Waals surface area contributed by atoms with E-state index in [9.17, 15) is 4.79 Å². The molecule has 0 aliphatic carbocycles. The SMILES string of the molecule is Cc1cnc(N2CC[C@@H]3[C@H]2CCC(=O)N3CCN2CCOCC2)nc1. The van der Waals surface area contributed by atoms with Gasteiger partial charge in [-0.3, -0.25) is 9.69 Å². The topological polar surface area (TPSA) is 61.8 Å². The van der Waals surface area contributed by atoms with Gasteiger partial charge in [0.2, 0.25) is 11.9 Å². The fourth-order valence-electron chi connectivity index (χ4n) is 4.30. The fourth-order valence-corrected chi connectivity index (χ4v) is 4.30. The van der Waals surface area contributed by atoms with Gasteiger partial charge < -0.3 is 14.5 Å². The Hall–Kier alpha value is -1.73. The number of nitrogens with zero attached hydrogens (tertiary/aromatic N) is 5. The van der Waals surface area contributed by atoms with E-state index in [4.69, 9.17) is 4.74 Å². The first-order chi connectivity index (χ1) is 12.2. The second-order valence-electron chi connectivity index (χ2n) is 7.26. The number of hydrogen-bond acceptors (Lipinski definition) is 6. The summed E-state index contributed by atoms with van der Waals surface area (Å²) >= 11 is 0. The van der Waals surface area contributed by atoms with Gasteiger partial charge >= 0.3 is 0 Å². The van der Waals surface area contributed by atoms with Gasteiger partial charge in [-0.1, -0.05) is 0 Å². The normalized spacial score (nSPS) is 27.6. The van der Waals surface area contributed by atoms with Crippen molar-refractivity contribution in [3.63, 3.8) is 0 Å². The van der Waals surface area contributed by atoms with E-state index in [1.165, 1.54) is 0 Å². The van der Waals surface area contributed by atoms with Crippen LogP contribution >= 0.6 is 0 Å². The van der Waals surface area contributed by atoms with Crippen molar-refractivity contribution in [1.29, 1.82) is 0 Å². The van der Waals surface area contributed by atoms with Crippen LogP contribution in [0.5, 0.6) is 0 Å². The third-order valence-electron chi connectivity index (χ3n) is 5.67. The number of likely N-dealkylation sites (tertiary alicyclic amines) is 1. The molecule has 0 radical (unpaired) electrons. The lowest BCUT2D eigenvalue weighted by molar-refractivity contribution is -0.136. The summed E-state index contributed by atoms with van der Waals surface area (Å²) in [5.74, 6) is 1.11. The van der Waals surface area contributed by atoms with Crippen molar-refractivity contribution in [3.8, 4) is 0 Å². The number of carbonyl (C=O) groups is 1. The van der Waals surface area contributed by atoms with E-state index in [0.717, 1.165) is 70.3 Å². The number of carbonyl (C=O) groups excluding carboxylic acids is 1. The average molecular weight is 345 g/mol. The van der Waals surface area contributed by atoms with Crippen molar-refractivity contribution in [1.82, 2.24) is 19.8 Å². The van der Waals surface area contributed by atoms with Gasteiger partial charge in [-0.05, 0) is 25.3 Å². The van der Waals surface area contributed by atoms with Crippen molar-refractivity contribution < 1.29 is 9.53 Å². The Morgan fingerprint density at radius 2 is 1.84 bits per heavy atom. The summed E-state index contributed by atoms with van der Waals surface area (Å²) in [6.45, 7) is 8.25. The Labute approximate surface area is 149 Å². The molecule has 0 saturated carbocycles. The molecule has 0 unspecified atom stereocenters. The quantitative estimate of drug-likeness (QED) is 0.800. The minimum atomic E-state index is 0.298. The van der Waals surface area contributed by atoms with Gasteiger partial charge in [0.1, 0.15) is 0 Å². The minimum Gasteiger partial charge on any atom is -0.379 e. The van der Waals surface area contributed by atoms with Crippen LogP contribution in [0.2, 0.25) is 0 Å². The second-order valence-corrected chi connectivity index (χ2v) is 7.26. The van der Waals surface area contributed by atoms with E-state index < -0.39 is 0 Å². The van der Waals surface area contributed by atoms with Crippen LogP contribution in [0.3, 0.4) is 0 Å². The number of anilines is 1. The molecule has 3 saturated heterocycles. The molecule has 0 spiro atoms. The molecule has 136 valence electrons. The molecule has 0 aromatic carbocycles. The first-order valence-electron chi connectivity index (χ1n) is 9.37. The lowest BCUT2D eigenvalue weighted by Crippen LogP contribution is -2.54. The van der Waals surface area contributed by atoms with Gasteiger partial charge in [0.25, 0.3) is 0 Å². The van der Waals surface area contributed by atoms with E-state index in [1.807, 2.05) is 19.3 Å². The molecule has 4 rings (SSSR count). The molecule has 25 heavy (non-hydrogen) atoms. The molecule has 7 nitrogen and oxygen atoms in total. The Kier molecular flexibility index (Phi) is 4.85. The molecule has 4 heterocycles. The smallest absolute Gasteiger partial charge is 0.225 e. The molecule has 1 amide bonds. The molecule has 2 atom stereocenters. The average Bonchev–Trinajstić information content (AvgIpc) is 3.06. The van der Waals surface area contributed by atoms with Gasteiger partial charge in [0, 0.05) is 51.5 Å². The van der Waals surface area contributed by atoms with Gasteiger partial charge in [0.05, 0.1) is 25.3 Å². The van der Waals surface area contributed by atoms with Crippen LogP contribution < -0.4 is 4.90 Å². The molecule has 1 aromatic heterocycles. The highest BCUT2D eigenvalue weighted by molar-refractivity contribution is 5.78. The van der Waals surface area contributed by atoms with Crippen molar-refractivity contribution >= 4 is 11.9 Å². The number of aromatic nitrogens is 2. The van der Waals surface area contributed by atoms with Crippen LogP contribution in [0.4, 0.5) is 5.95 Å². The lowest BCUT2D eigenvalue weighted by atomic mass is 9.96. The zero-order valence-electron chi connectivity index (χ0n) is 14.9. The highest BCUT2D eigenvalue weighted by Crippen LogP contribution is 2.33. The summed E-state index contributed by atoms with van der Waals surface area (Å²) in [5.41, 5.74) is 1.07. The van der Waals surface area contributed by atoms with Gasteiger partial charge in [-0.25, -0.2) is 9.97 Å². The molecule has 1 aromatic rings. The maximum atomic E-state index is 12.5. The third kappa shape index (κ3) is 3.48. The van der Waals surface area contributed by atoms with Crippen LogP contribution in [0, 0.1) is 6.92 Å². The molecule has 7 heteroatoms. The maximum absolute atomic E-state index is 12.5. The lowest BCUT2D eigenvalue weighted by Gasteiger charge is -2.40. The molecule has 0 N–H and O–H groups in total. The van der Waals surface area contributed by atoms with Crippen LogP contribution in [-0.4, -0.2) is 83.7 Å². The van der Waals surface area contributed by atoms with E-state index in [1.54, 1.807) is 0 Å². The summed E-state index contributed by atoms with van der Waals surface area (Å²) in [4.78, 5) is 28.4. The fraction of sp³-hybridized carbons (Fsp3) is 0.722. The summed E-state index contributed by atoms with van der Waals surface area (Å²) in [6, 6.07) is 0.650. The van der Waals surface area contributed by atoms with Gasteiger partial charge in [-0.15, -0.1) is 0 Å². The Morgan fingerprint density at radius 1 is 1.08 bits per heavy atom. The molecule has 3 aliphatic heterocycles. The first-order valence-corrected chi connectivity index (χ1v) is 9.37. The number of ether oxygens (including phenoxy) is 1. The largest absolute Gasteiger partial charge is 0.379 e. The summed E-state index contributed by atoms with van der Waals surface area (Å²) in [7, 11) is 0. The highest BCUT2D eigenvalue weighted by Gasteiger charge is 2.43. The molecule has 3 fully saturated rings. The summed E-state index contributed by atoms with van der Waals surface area (Å²) in [6.07, 6.45) is 6.30. The number of morpholine rings is 1. The van der Waals surface area contributed by atoms with Gasteiger partial charge in [0.15, 0.2) is 0 Å². The van der Waals surface area contributed by atoms with Crippen LogP contribution in [0.25, 0.3) is 0 Å². The second kappa shape index (κ2) is 7.25.